The third-order valence-electron chi connectivity index (χ3n) is 3.00. The maximum Gasteiger partial charge on any atom is 0.261 e. The molecule has 21 heavy (non-hydrogen) atoms. The first-order valence-corrected chi connectivity index (χ1v) is 7.01. The molecule has 0 bridgehead atoms. The van der Waals surface area contributed by atoms with Crippen molar-refractivity contribution < 1.29 is 22.6 Å². The first-order chi connectivity index (χ1) is 10.1. The van der Waals surface area contributed by atoms with E-state index >= 15 is 0 Å². The molecule has 0 saturated carbocycles. The number of alkyl halides is 2. The van der Waals surface area contributed by atoms with Crippen LogP contribution in [0.3, 0.4) is 0 Å². The molecule has 1 rings (SSSR count). The first-order valence-electron chi connectivity index (χ1n) is 7.01. The predicted octanol–water partition coefficient (Wildman–Crippen LogP) is 3.55. The van der Waals surface area contributed by atoms with Crippen LogP contribution >= 0.6 is 0 Å². The largest absolute Gasteiger partial charge is 0.496 e. The Balaban J connectivity index is 2.73. The Morgan fingerprint density at radius 3 is 2.67 bits per heavy atom. The summed E-state index contributed by atoms with van der Waals surface area (Å²) in [4.78, 5) is 0. The van der Waals surface area contributed by atoms with E-state index in [1.807, 2.05) is 6.92 Å². The fraction of sp³-hybridized carbons (Fsp3) is 0.600. The zero-order valence-corrected chi connectivity index (χ0v) is 12.4. The molecular formula is C15H22F3NO2. The summed E-state index contributed by atoms with van der Waals surface area (Å²) in [5.41, 5.74) is 0.673. The van der Waals surface area contributed by atoms with Crippen molar-refractivity contribution in [2.75, 3.05) is 26.9 Å². The zero-order valence-electron chi connectivity index (χ0n) is 12.4. The summed E-state index contributed by atoms with van der Waals surface area (Å²) in [5.74, 6) is 0.210. The molecule has 0 amide bonds. The SMILES string of the molecule is CCCNC(CCOCC(F)F)c1cc(F)ccc1OC. The summed E-state index contributed by atoms with van der Waals surface area (Å²) in [6.07, 6.45) is -1.10. The minimum atomic E-state index is -2.48. The number of ether oxygens (including phenoxy) is 2. The number of hydrogen-bond acceptors (Lipinski definition) is 3. The van der Waals surface area contributed by atoms with Crippen molar-refractivity contribution >= 4 is 0 Å². The van der Waals surface area contributed by atoms with Gasteiger partial charge in [0, 0.05) is 18.2 Å². The third-order valence-corrected chi connectivity index (χ3v) is 3.00. The number of benzene rings is 1. The van der Waals surface area contributed by atoms with E-state index in [9.17, 15) is 13.2 Å². The molecule has 1 aromatic carbocycles. The van der Waals surface area contributed by atoms with Gasteiger partial charge in [-0.05, 0) is 37.6 Å². The lowest BCUT2D eigenvalue weighted by atomic mass is 10.0. The van der Waals surface area contributed by atoms with Crippen molar-refractivity contribution in [1.82, 2.24) is 5.32 Å². The van der Waals surface area contributed by atoms with Crippen LogP contribution in [0.15, 0.2) is 18.2 Å². The molecule has 1 unspecified atom stereocenters. The van der Waals surface area contributed by atoms with Gasteiger partial charge in [0.2, 0.25) is 0 Å². The maximum atomic E-state index is 13.4. The highest BCUT2D eigenvalue weighted by Crippen LogP contribution is 2.28. The van der Waals surface area contributed by atoms with Crippen molar-refractivity contribution in [3.63, 3.8) is 0 Å². The van der Waals surface area contributed by atoms with Gasteiger partial charge in [-0.2, -0.15) is 0 Å². The fourth-order valence-corrected chi connectivity index (χ4v) is 2.04. The molecule has 1 N–H and O–H groups in total. The summed E-state index contributed by atoms with van der Waals surface area (Å²) < 4.78 is 47.7. The number of rotatable bonds is 10. The third kappa shape index (κ3) is 6.35. The Labute approximate surface area is 123 Å². The van der Waals surface area contributed by atoms with E-state index in [-0.39, 0.29) is 18.5 Å². The smallest absolute Gasteiger partial charge is 0.261 e. The van der Waals surface area contributed by atoms with Crippen LogP contribution in [0.1, 0.15) is 31.4 Å². The molecule has 120 valence electrons. The lowest BCUT2D eigenvalue weighted by Crippen LogP contribution is -2.24. The van der Waals surface area contributed by atoms with Gasteiger partial charge in [0.1, 0.15) is 18.2 Å². The number of hydrogen-bond donors (Lipinski definition) is 1. The second-order valence-electron chi connectivity index (χ2n) is 4.65. The van der Waals surface area contributed by atoms with E-state index in [2.05, 4.69) is 5.32 Å². The minimum absolute atomic E-state index is 0.172. The molecule has 1 atom stereocenters. The van der Waals surface area contributed by atoms with Gasteiger partial charge in [-0.1, -0.05) is 6.92 Å². The van der Waals surface area contributed by atoms with E-state index in [0.717, 1.165) is 13.0 Å². The van der Waals surface area contributed by atoms with Gasteiger partial charge in [-0.25, -0.2) is 13.2 Å². The lowest BCUT2D eigenvalue weighted by molar-refractivity contribution is 0.0143. The molecule has 6 heteroatoms. The molecule has 3 nitrogen and oxygen atoms in total. The maximum absolute atomic E-state index is 13.4. The summed E-state index contributed by atoms with van der Waals surface area (Å²) in [7, 11) is 1.51. The van der Waals surface area contributed by atoms with E-state index in [4.69, 9.17) is 9.47 Å². The van der Waals surface area contributed by atoms with Crippen LogP contribution in [0.25, 0.3) is 0 Å². The van der Waals surface area contributed by atoms with Gasteiger partial charge in [0.25, 0.3) is 6.43 Å². The zero-order chi connectivity index (χ0) is 15.7. The van der Waals surface area contributed by atoms with Crippen LogP contribution in [0, 0.1) is 5.82 Å². The fourth-order valence-electron chi connectivity index (χ4n) is 2.04. The van der Waals surface area contributed by atoms with Crippen LogP contribution < -0.4 is 10.1 Å². The average Bonchev–Trinajstić information content (AvgIpc) is 2.46. The van der Waals surface area contributed by atoms with Gasteiger partial charge in [0.05, 0.1) is 7.11 Å². The second kappa shape index (κ2) is 9.63. The summed E-state index contributed by atoms with van der Waals surface area (Å²) in [6, 6.07) is 4.09. The molecule has 0 heterocycles. The van der Waals surface area contributed by atoms with E-state index < -0.39 is 13.0 Å². The van der Waals surface area contributed by atoms with Gasteiger partial charge >= 0.3 is 0 Å². The number of nitrogens with one attached hydrogen (secondary N) is 1. The molecule has 0 fully saturated rings. The van der Waals surface area contributed by atoms with Gasteiger partial charge in [-0.3, -0.25) is 0 Å². The monoisotopic (exact) mass is 305 g/mol. The minimum Gasteiger partial charge on any atom is -0.496 e. The highest BCUT2D eigenvalue weighted by Gasteiger charge is 2.17. The summed E-state index contributed by atoms with van der Waals surface area (Å²) in [6.45, 7) is 2.34. The molecule has 0 spiro atoms. The van der Waals surface area contributed by atoms with Crippen LogP contribution in [-0.2, 0) is 4.74 Å². The first kappa shape index (κ1) is 17.8. The van der Waals surface area contributed by atoms with Crippen molar-refractivity contribution in [1.29, 1.82) is 0 Å². The lowest BCUT2D eigenvalue weighted by Gasteiger charge is -2.21. The molecule has 0 aliphatic carbocycles. The average molecular weight is 305 g/mol. The summed E-state index contributed by atoms with van der Waals surface area (Å²) >= 11 is 0. The Hall–Kier alpha value is -1.27. The highest BCUT2D eigenvalue weighted by atomic mass is 19.3. The van der Waals surface area contributed by atoms with Crippen molar-refractivity contribution in [2.24, 2.45) is 0 Å². The quantitative estimate of drug-likeness (QED) is 0.671. The molecule has 0 aliphatic heterocycles. The number of methoxy groups -OCH3 is 1. The topological polar surface area (TPSA) is 30.5 Å². The molecule has 1 aromatic rings. The van der Waals surface area contributed by atoms with Gasteiger partial charge in [-0.15, -0.1) is 0 Å². The molecule has 0 aromatic heterocycles. The molecular weight excluding hydrogens is 283 g/mol. The Morgan fingerprint density at radius 2 is 2.05 bits per heavy atom. The van der Waals surface area contributed by atoms with Crippen LogP contribution in [0.2, 0.25) is 0 Å². The van der Waals surface area contributed by atoms with Crippen LogP contribution in [-0.4, -0.2) is 33.3 Å². The highest BCUT2D eigenvalue weighted by molar-refractivity contribution is 5.36. The van der Waals surface area contributed by atoms with Crippen LogP contribution in [0.4, 0.5) is 13.2 Å². The Bertz CT molecular complexity index is 416. The van der Waals surface area contributed by atoms with Crippen molar-refractivity contribution in [3.05, 3.63) is 29.6 Å². The molecule has 0 aliphatic rings. The van der Waals surface area contributed by atoms with Crippen molar-refractivity contribution in [2.45, 2.75) is 32.2 Å². The van der Waals surface area contributed by atoms with E-state index in [1.165, 1.54) is 19.2 Å². The normalized spacial score (nSPS) is 12.7. The molecule has 0 saturated heterocycles. The molecule has 0 radical (unpaired) electrons. The Kier molecular flexibility index (Phi) is 8.15. The van der Waals surface area contributed by atoms with Crippen LogP contribution in [0.5, 0.6) is 5.75 Å². The van der Waals surface area contributed by atoms with E-state index in [1.54, 1.807) is 6.07 Å². The number of halogens is 3. The Morgan fingerprint density at radius 1 is 1.29 bits per heavy atom. The summed E-state index contributed by atoms with van der Waals surface area (Å²) in [5, 5.41) is 3.26. The van der Waals surface area contributed by atoms with Gasteiger partial charge in [0.15, 0.2) is 0 Å². The van der Waals surface area contributed by atoms with Crippen molar-refractivity contribution in [3.8, 4) is 5.75 Å². The van der Waals surface area contributed by atoms with E-state index in [0.29, 0.717) is 17.7 Å². The second-order valence-corrected chi connectivity index (χ2v) is 4.65. The van der Waals surface area contributed by atoms with Gasteiger partial charge < -0.3 is 14.8 Å². The standard InChI is InChI=1S/C15H22F3NO2/c1-3-7-19-13(6-8-21-10-15(17)18)12-9-11(16)4-5-14(12)20-2/h4-5,9,13,15,19H,3,6-8,10H2,1-2H3. The predicted molar refractivity (Wildman–Crippen MR) is 75.4 cm³/mol.